The van der Waals surface area contributed by atoms with Gasteiger partial charge < -0.3 is 21.8 Å². The number of hydrazine groups is 1. The lowest BCUT2D eigenvalue weighted by atomic mass is 10.0. The molecule has 0 spiro atoms. The van der Waals surface area contributed by atoms with E-state index >= 15 is 0 Å². The van der Waals surface area contributed by atoms with Crippen molar-refractivity contribution >= 4 is 28.5 Å². The lowest BCUT2D eigenvalue weighted by molar-refractivity contribution is 0.211. The summed E-state index contributed by atoms with van der Waals surface area (Å²) in [6.07, 6.45) is 6.66. The van der Waals surface area contributed by atoms with Crippen LogP contribution in [0.3, 0.4) is 0 Å². The van der Waals surface area contributed by atoms with Crippen LogP contribution in [0, 0.1) is 11.3 Å². The minimum atomic E-state index is 0.173. The van der Waals surface area contributed by atoms with Gasteiger partial charge in [-0.25, -0.2) is 30.8 Å². The third-order valence-electron chi connectivity index (χ3n) is 7.68. The first-order chi connectivity index (χ1) is 21.4. The zero-order chi connectivity index (χ0) is 30.6. The molecule has 222 valence electrons. The Bertz CT molecular complexity index is 1850. The number of benzene rings is 1. The molecule has 0 bridgehead atoms. The van der Waals surface area contributed by atoms with E-state index in [9.17, 15) is 0 Å². The number of rotatable bonds is 8. The number of hydrogen-bond donors (Lipinski definition) is 4. The summed E-state index contributed by atoms with van der Waals surface area (Å²) >= 11 is 0. The Labute approximate surface area is 254 Å². The molecule has 1 aromatic carbocycles. The number of aromatic nitrogens is 6. The summed E-state index contributed by atoms with van der Waals surface area (Å²) in [5, 5.41) is 13.9. The number of hydrogen-bond acceptors (Lipinski definition) is 12. The van der Waals surface area contributed by atoms with Gasteiger partial charge in [-0.1, -0.05) is 12.1 Å². The maximum Gasteiger partial charge on any atom is 0.234 e. The van der Waals surface area contributed by atoms with Crippen molar-refractivity contribution in [1.82, 2.24) is 39.4 Å². The molecular weight excluding hydrogens is 554 g/mol. The van der Waals surface area contributed by atoms with Gasteiger partial charge in [-0.15, -0.1) is 0 Å². The minimum absolute atomic E-state index is 0.173. The van der Waals surface area contributed by atoms with E-state index in [1.807, 2.05) is 34.9 Å². The topological polar surface area (TPSA) is 190 Å². The number of nitrogens with zero attached hydrogens (tertiary/aromatic N) is 9. The molecule has 5 heterocycles. The van der Waals surface area contributed by atoms with Crippen LogP contribution in [0.15, 0.2) is 73.2 Å². The van der Waals surface area contributed by atoms with E-state index in [0.717, 1.165) is 38.2 Å². The molecule has 44 heavy (non-hydrogen) atoms. The van der Waals surface area contributed by atoms with E-state index in [2.05, 4.69) is 49.4 Å². The van der Waals surface area contributed by atoms with Gasteiger partial charge in [0.15, 0.2) is 11.5 Å². The highest BCUT2D eigenvalue weighted by Crippen LogP contribution is 2.31. The lowest BCUT2D eigenvalue weighted by Gasteiger charge is -2.32. The zero-order valence-corrected chi connectivity index (χ0v) is 24.3. The van der Waals surface area contributed by atoms with Crippen LogP contribution >= 0.6 is 0 Å². The number of anilines is 2. The van der Waals surface area contributed by atoms with Gasteiger partial charge in [0.05, 0.1) is 17.0 Å². The number of piperidine rings is 1. The summed E-state index contributed by atoms with van der Waals surface area (Å²) in [5.41, 5.74) is 17.5. The molecule has 7 N–H and O–H groups in total. The van der Waals surface area contributed by atoms with Crippen LogP contribution in [0.4, 0.5) is 11.6 Å². The summed E-state index contributed by atoms with van der Waals surface area (Å²) in [6.45, 7) is 2.74. The Morgan fingerprint density at radius 2 is 1.84 bits per heavy atom. The van der Waals surface area contributed by atoms with Crippen LogP contribution in [0.5, 0.6) is 0 Å². The van der Waals surface area contributed by atoms with Gasteiger partial charge in [0.25, 0.3) is 0 Å². The number of nitrogen functional groups attached to an aromatic ring is 1. The van der Waals surface area contributed by atoms with Crippen LogP contribution in [-0.4, -0.2) is 65.6 Å². The summed E-state index contributed by atoms with van der Waals surface area (Å²) in [6, 6.07) is 20.0. The predicted molar refractivity (Wildman–Crippen MR) is 169 cm³/mol. The van der Waals surface area contributed by atoms with E-state index in [1.54, 1.807) is 25.5 Å². The Morgan fingerprint density at radius 1 is 1.05 bits per heavy atom. The molecule has 0 saturated carbocycles. The van der Waals surface area contributed by atoms with Crippen LogP contribution in [0.2, 0.25) is 0 Å². The van der Waals surface area contributed by atoms with E-state index in [1.165, 1.54) is 16.8 Å². The Balaban J connectivity index is 1.24. The highest BCUT2D eigenvalue weighted by Gasteiger charge is 2.21. The van der Waals surface area contributed by atoms with Gasteiger partial charge in [0.1, 0.15) is 23.2 Å². The molecule has 13 heteroatoms. The van der Waals surface area contributed by atoms with Crippen molar-refractivity contribution < 1.29 is 0 Å². The molecular formula is C31H33N13. The van der Waals surface area contributed by atoms with E-state index in [0.29, 0.717) is 51.6 Å². The number of fused-ring (bicyclic) bond motifs is 1. The predicted octanol–water partition coefficient (Wildman–Crippen LogP) is 2.87. The smallest absolute Gasteiger partial charge is 0.234 e. The number of nitrogens with two attached hydrogens (primary N) is 3. The van der Waals surface area contributed by atoms with E-state index in [-0.39, 0.29) is 5.82 Å². The molecule has 0 atom stereocenters. The maximum atomic E-state index is 9.06. The summed E-state index contributed by atoms with van der Waals surface area (Å²) in [5.74, 6) is 7.90. The largest absolute Gasteiger partial charge is 0.403 e. The van der Waals surface area contributed by atoms with Crippen molar-refractivity contribution in [2.75, 3.05) is 31.2 Å². The third-order valence-corrected chi connectivity index (χ3v) is 7.68. The highest BCUT2D eigenvalue weighted by molar-refractivity contribution is 5.84. The van der Waals surface area contributed by atoms with Crippen molar-refractivity contribution in [2.24, 2.45) is 11.6 Å². The van der Waals surface area contributed by atoms with Crippen LogP contribution in [-0.2, 0) is 6.54 Å². The maximum absolute atomic E-state index is 9.06. The summed E-state index contributed by atoms with van der Waals surface area (Å²) in [4.78, 5) is 24.7. The normalized spacial score (nSPS) is 14.4. The SMILES string of the molecule is CN(N)/C(=C\N)c1ccc2nc(-c3cccnc3N)n(-c3ccc(CN4CCC(Nc5ccnc(C#N)n5)CC4)cc3)c2n1. The average Bonchev–Trinajstić information content (AvgIpc) is 3.41. The Kier molecular flexibility index (Phi) is 8.00. The molecule has 1 aliphatic rings. The average molecular weight is 588 g/mol. The Hall–Kier alpha value is -5.58. The van der Waals surface area contributed by atoms with Crippen LogP contribution in [0.25, 0.3) is 33.9 Å². The first kappa shape index (κ1) is 28.5. The van der Waals surface area contributed by atoms with Crippen molar-refractivity contribution in [1.29, 1.82) is 5.26 Å². The molecule has 13 nitrogen and oxygen atoms in total. The highest BCUT2D eigenvalue weighted by atomic mass is 15.4. The molecule has 0 amide bonds. The zero-order valence-electron chi connectivity index (χ0n) is 24.3. The minimum Gasteiger partial charge on any atom is -0.403 e. The van der Waals surface area contributed by atoms with Gasteiger partial charge in [-0.2, -0.15) is 5.26 Å². The number of nitriles is 1. The van der Waals surface area contributed by atoms with Gasteiger partial charge in [-0.3, -0.25) is 9.47 Å². The second kappa shape index (κ2) is 12.3. The van der Waals surface area contributed by atoms with Gasteiger partial charge in [0, 0.05) is 57.0 Å². The number of imidazole rings is 1. The second-order valence-electron chi connectivity index (χ2n) is 10.6. The van der Waals surface area contributed by atoms with Gasteiger partial charge in [-0.05, 0) is 60.9 Å². The van der Waals surface area contributed by atoms with Crippen LogP contribution in [0.1, 0.15) is 29.9 Å². The Morgan fingerprint density at radius 3 is 2.55 bits per heavy atom. The molecule has 0 aliphatic carbocycles. The lowest BCUT2D eigenvalue weighted by Crippen LogP contribution is -2.38. The number of likely N-dealkylation sites (tertiary alicyclic amines) is 1. The molecule has 1 fully saturated rings. The first-order valence-electron chi connectivity index (χ1n) is 14.3. The van der Waals surface area contributed by atoms with E-state index < -0.39 is 0 Å². The van der Waals surface area contributed by atoms with Crippen LogP contribution < -0.4 is 22.6 Å². The molecule has 6 rings (SSSR count). The molecule has 1 aliphatic heterocycles. The molecule has 4 aromatic heterocycles. The van der Waals surface area contributed by atoms with Gasteiger partial charge >= 0.3 is 0 Å². The summed E-state index contributed by atoms with van der Waals surface area (Å²) < 4.78 is 1.99. The monoisotopic (exact) mass is 587 g/mol. The van der Waals surface area contributed by atoms with Crippen molar-refractivity contribution in [3.8, 4) is 23.1 Å². The molecule has 1 saturated heterocycles. The fourth-order valence-electron chi connectivity index (χ4n) is 5.46. The standard InChI is InChI=1S/C31H33N13/c1-42(35)26(17-32)24-8-9-25-31(39-24)44(30(40-25)23-3-2-13-37-29(23)34)22-6-4-20(5-7-22)19-43-15-11-21(12-16-43)38-27-10-14-36-28(18-33)41-27/h2-10,13-14,17,21H,11-12,15-16,19,32,35H2,1H3,(H2,34,37)(H,36,38,41)/b26-17-. The fraction of sp³-hybridized carbons (Fsp3) is 0.226. The number of pyridine rings is 2. The first-order valence-corrected chi connectivity index (χ1v) is 14.3. The molecule has 0 unspecified atom stereocenters. The molecule has 0 radical (unpaired) electrons. The quantitative estimate of drug-likeness (QED) is 0.154. The fourth-order valence-corrected chi connectivity index (χ4v) is 5.46. The van der Waals surface area contributed by atoms with E-state index in [4.69, 9.17) is 32.5 Å². The van der Waals surface area contributed by atoms with Crippen molar-refractivity contribution in [3.63, 3.8) is 0 Å². The second-order valence-corrected chi connectivity index (χ2v) is 10.6. The third kappa shape index (κ3) is 5.84. The van der Waals surface area contributed by atoms with Crippen molar-refractivity contribution in [2.45, 2.75) is 25.4 Å². The summed E-state index contributed by atoms with van der Waals surface area (Å²) in [7, 11) is 1.71. The van der Waals surface area contributed by atoms with Gasteiger partial charge in [0.2, 0.25) is 5.82 Å². The molecule has 5 aromatic rings. The number of nitrogens with one attached hydrogen (secondary N) is 1. The van der Waals surface area contributed by atoms with Crippen molar-refractivity contribution in [3.05, 3.63) is 90.3 Å².